The standard InChI is InChI=1S/C19H20ClF2N3O/c1-13(19(26)23-18-7-2-14(20)12-17(18)22)24-8-10-25(11-9-24)16-5-3-15(21)4-6-16/h2-7,12-13H,8-11H2,1H3,(H,23,26)/t13-/m0/s1. The molecule has 2 aromatic carbocycles. The average molecular weight is 380 g/mol. The van der Waals surface area contributed by atoms with E-state index in [1.165, 1.54) is 30.3 Å². The third-order valence-corrected chi connectivity index (χ3v) is 4.86. The van der Waals surface area contributed by atoms with Gasteiger partial charge in [-0.15, -0.1) is 0 Å². The number of carbonyl (C=O) groups is 1. The van der Waals surface area contributed by atoms with Gasteiger partial charge in [0, 0.05) is 36.9 Å². The number of hydrogen-bond acceptors (Lipinski definition) is 3. The molecule has 4 nitrogen and oxygen atoms in total. The molecule has 0 aromatic heterocycles. The fourth-order valence-corrected chi connectivity index (χ4v) is 3.17. The summed E-state index contributed by atoms with van der Waals surface area (Å²) in [5, 5.41) is 2.90. The van der Waals surface area contributed by atoms with Crippen molar-refractivity contribution in [2.24, 2.45) is 0 Å². The summed E-state index contributed by atoms with van der Waals surface area (Å²) >= 11 is 5.72. The van der Waals surface area contributed by atoms with Gasteiger partial charge in [-0.3, -0.25) is 9.69 Å². The molecule has 2 aromatic rings. The minimum Gasteiger partial charge on any atom is -0.369 e. The van der Waals surface area contributed by atoms with Crippen molar-refractivity contribution in [2.45, 2.75) is 13.0 Å². The van der Waals surface area contributed by atoms with Gasteiger partial charge in [0.25, 0.3) is 0 Å². The first-order valence-electron chi connectivity index (χ1n) is 8.44. The van der Waals surface area contributed by atoms with Crippen molar-refractivity contribution >= 4 is 28.9 Å². The maximum Gasteiger partial charge on any atom is 0.241 e. The second kappa shape index (κ2) is 8.01. The van der Waals surface area contributed by atoms with Crippen LogP contribution in [0.25, 0.3) is 0 Å². The van der Waals surface area contributed by atoms with E-state index in [1.807, 2.05) is 4.90 Å². The summed E-state index contributed by atoms with van der Waals surface area (Å²) in [6, 6.07) is 10.2. The smallest absolute Gasteiger partial charge is 0.241 e. The predicted octanol–water partition coefficient (Wildman–Crippen LogP) is 3.77. The lowest BCUT2D eigenvalue weighted by atomic mass is 10.2. The predicted molar refractivity (Wildman–Crippen MR) is 99.7 cm³/mol. The summed E-state index contributed by atoms with van der Waals surface area (Å²) < 4.78 is 26.9. The molecule has 0 unspecified atom stereocenters. The number of hydrogen-bond donors (Lipinski definition) is 1. The van der Waals surface area contributed by atoms with Crippen LogP contribution in [0.4, 0.5) is 20.2 Å². The summed E-state index contributed by atoms with van der Waals surface area (Å²) in [6.45, 7) is 4.65. The fraction of sp³-hybridized carbons (Fsp3) is 0.316. The van der Waals surface area contributed by atoms with Crippen molar-refractivity contribution in [2.75, 3.05) is 36.4 Å². The Morgan fingerprint density at radius 3 is 2.35 bits per heavy atom. The lowest BCUT2D eigenvalue weighted by Gasteiger charge is -2.38. The van der Waals surface area contributed by atoms with Crippen molar-refractivity contribution in [3.8, 4) is 0 Å². The second-order valence-electron chi connectivity index (χ2n) is 6.29. The fourth-order valence-electron chi connectivity index (χ4n) is 3.01. The van der Waals surface area contributed by atoms with Gasteiger partial charge in [0.05, 0.1) is 11.7 Å². The van der Waals surface area contributed by atoms with E-state index >= 15 is 0 Å². The SMILES string of the molecule is C[C@@H](C(=O)Nc1ccc(Cl)cc1F)N1CCN(c2ccc(F)cc2)CC1. The van der Waals surface area contributed by atoms with Crippen LogP contribution in [0.1, 0.15) is 6.92 Å². The highest BCUT2D eigenvalue weighted by molar-refractivity contribution is 6.30. The molecule has 1 atom stereocenters. The quantitative estimate of drug-likeness (QED) is 0.878. The molecule has 1 amide bonds. The summed E-state index contributed by atoms with van der Waals surface area (Å²) in [5.74, 6) is -1.08. The molecular formula is C19H20ClF2N3O. The van der Waals surface area contributed by atoms with Crippen LogP contribution < -0.4 is 10.2 Å². The van der Waals surface area contributed by atoms with Crippen LogP contribution in [-0.2, 0) is 4.79 Å². The Morgan fingerprint density at radius 1 is 1.08 bits per heavy atom. The largest absolute Gasteiger partial charge is 0.369 e. The van der Waals surface area contributed by atoms with Gasteiger partial charge in [-0.05, 0) is 49.4 Å². The monoisotopic (exact) mass is 379 g/mol. The van der Waals surface area contributed by atoms with Gasteiger partial charge in [0.15, 0.2) is 0 Å². The number of piperazine rings is 1. The molecule has 1 aliphatic rings. The molecule has 1 N–H and O–H groups in total. The molecule has 7 heteroatoms. The highest BCUT2D eigenvalue weighted by atomic mass is 35.5. The molecule has 0 radical (unpaired) electrons. The Balaban J connectivity index is 1.56. The number of amides is 1. The van der Waals surface area contributed by atoms with Gasteiger partial charge in [0.2, 0.25) is 5.91 Å². The molecule has 138 valence electrons. The second-order valence-corrected chi connectivity index (χ2v) is 6.73. The van der Waals surface area contributed by atoms with Crippen LogP contribution in [0, 0.1) is 11.6 Å². The summed E-state index contributed by atoms with van der Waals surface area (Å²) in [4.78, 5) is 16.6. The number of anilines is 2. The highest BCUT2D eigenvalue weighted by Crippen LogP contribution is 2.21. The molecule has 0 aliphatic carbocycles. The van der Waals surface area contributed by atoms with E-state index in [-0.39, 0.29) is 28.5 Å². The first-order valence-corrected chi connectivity index (χ1v) is 8.82. The van der Waals surface area contributed by atoms with Gasteiger partial charge >= 0.3 is 0 Å². The zero-order chi connectivity index (χ0) is 18.7. The van der Waals surface area contributed by atoms with E-state index in [0.29, 0.717) is 13.1 Å². The van der Waals surface area contributed by atoms with Crippen LogP contribution in [0.3, 0.4) is 0 Å². The topological polar surface area (TPSA) is 35.6 Å². The minimum absolute atomic E-state index is 0.121. The van der Waals surface area contributed by atoms with Crippen molar-refractivity contribution in [1.29, 1.82) is 0 Å². The van der Waals surface area contributed by atoms with E-state index in [0.717, 1.165) is 18.8 Å². The molecule has 26 heavy (non-hydrogen) atoms. The number of halogens is 3. The molecule has 1 heterocycles. The first-order chi connectivity index (χ1) is 12.4. The summed E-state index contributed by atoms with van der Waals surface area (Å²) in [7, 11) is 0. The average Bonchev–Trinajstić information content (AvgIpc) is 2.64. The highest BCUT2D eigenvalue weighted by Gasteiger charge is 2.26. The molecule has 0 spiro atoms. The maximum absolute atomic E-state index is 13.8. The van der Waals surface area contributed by atoms with Gasteiger partial charge in [-0.25, -0.2) is 8.78 Å². The Labute approximate surface area is 156 Å². The van der Waals surface area contributed by atoms with Gasteiger partial charge in [0.1, 0.15) is 11.6 Å². The van der Waals surface area contributed by atoms with Crippen molar-refractivity contribution in [1.82, 2.24) is 4.90 Å². The summed E-state index contributed by atoms with van der Waals surface area (Å²) in [5.41, 5.74) is 1.09. The third-order valence-electron chi connectivity index (χ3n) is 4.62. The zero-order valence-corrected chi connectivity index (χ0v) is 15.1. The lowest BCUT2D eigenvalue weighted by Crippen LogP contribution is -2.52. The number of carbonyl (C=O) groups excluding carboxylic acids is 1. The van der Waals surface area contributed by atoms with E-state index < -0.39 is 5.82 Å². The number of rotatable bonds is 4. The van der Waals surface area contributed by atoms with Crippen molar-refractivity contribution in [3.05, 3.63) is 59.1 Å². The van der Waals surface area contributed by atoms with Crippen molar-refractivity contribution < 1.29 is 13.6 Å². The molecule has 1 saturated heterocycles. The third kappa shape index (κ3) is 4.31. The number of nitrogens with one attached hydrogen (secondary N) is 1. The summed E-state index contributed by atoms with van der Waals surface area (Å²) in [6.07, 6.45) is 0. The van der Waals surface area contributed by atoms with E-state index in [2.05, 4.69) is 10.2 Å². The molecule has 0 bridgehead atoms. The van der Waals surface area contributed by atoms with Crippen LogP contribution in [0.2, 0.25) is 5.02 Å². The van der Waals surface area contributed by atoms with E-state index in [9.17, 15) is 13.6 Å². The Hall–Kier alpha value is -2.18. The normalized spacial score (nSPS) is 16.4. The Bertz CT molecular complexity index is 777. The number of benzene rings is 2. The van der Waals surface area contributed by atoms with E-state index in [1.54, 1.807) is 19.1 Å². The van der Waals surface area contributed by atoms with Crippen molar-refractivity contribution in [3.63, 3.8) is 0 Å². The van der Waals surface area contributed by atoms with Gasteiger partial charge < -0.3 is 10.2 Å². The molecule has 0 saturated carbocycles. The molecule has 1 aliphatic heterocycles. The van der Waals surface area contributed by atoms with Gasteiger partial charge in [-0.1, -0.05) is 11.6 Å². The molecule has 3 rings (SSSR count). The van der Waals surface area contributed by atoms with Crippen LogP contribution in [0.5, 0.6) is 0 Å². The molecule has 1 fully saturated rings. The molecular weight excluding hydrogens is 360 g/mol. The minimum atomic E-state index is -0.556. The maximum atomic E-state index is 13.8. The zero-order valence-electron chi connectivity index (χ0n) is 14.4. The van der Waals surface area contributed by atoms with E-state index in [4.69, 9.17) is 11.6 Å². The lowest BCUT2D eigenvalue weighted by molar-refractivity contribution is -0.120. The van der Waals surface area contributed by atoms with Gasteiger partial charge in [-0.2, -0.15) is 0 Å². The number of nitrogens with zero attached hydrogens (tertiary/aromatic N) is 2. The van der Waals surface area contributed by atoms with Crippen LogP contribution >= 0.6 is 11.6 Å². The van der Waals surface area contributed by atoms with Crippen LogP contribution in [0.15, 0.2) is 42.5 Å². The van der Waals surface area contributed by atoms with Crippen LogP contribution in [-0.4, -0.2) is 43.0 Å². The first kappa shape index (κ1) is 18.6. The Morgan fingerprint density at radius 2 is 1.73 bits per heavy atom. The Kier molecular flexibility index (Phi) is 5.74.